The highest BCUT2D eigenvalue weighted by Crippen LogP contribution is 2.42. The fraction of sp³-hybridized carbons (Fsp3) is 0.0500. The van der Waals surface area contributed by atoms with Crippen molar-refractivity contribution in [2.24, 2.45) is 4.99 Å². The summed E-state index contributed by atoms with van der Waals surface area (Å²) >= 11 is 0. The Morgan fingerprint density at radius 2 is 1.74 bits per heavy atom. The molecule has 2 N–H and O–H groups in total. The van der Waals surface area contributed by atoms with E-state index in [-0.39, 0.29) is 0 Å². The summed E-state index contributed by atoms with van der Waals surface area (Å²) in [5.74, 6) is 0. The second-order valence-electron chi connectivity index (χ2n) is 5.80. The monoisotopic (exact) mass is 299 g/mol. The van der Waals surface area contributed by atoms with Crippen LogP contribution in [0, 0.1) is 6.92 Å². The number of aryl methyl sites for hydroxylation is 1. The minimum absolute atomic E-state index is 0.772. The molecule has 3 aromatic rings. The van der Waals surface area contributed by atoms with Crippen molar-refractivity contribution in [1.29, 1.82) is 0 Å². The van der Waals surface area contributed by atoms with Gasteiger partial charge < -0.3 is 10.6 Å². The Bertz CT molecular complexity index is 1010. The maximum Gasteiger partial charge on any atom is 0.0882 e. The second kappa shape index (κ2) is 4.99. The van der Waals surface area contributed by atoms with Gasteiger partial charge in [-0.2, -0.15) is 0 Å². The highest BCUT2D eigenvalue weighted by Gasteiger charge is 2.21. The Hall–Kier alpha value is -3.07. The van der Waals surface area contributed by atoms with E-state index in [2.05, 4.69) is 29.7 Å². The van der Waals surface area contributed by atoms with Crippen molar-refractivity contribution in [3.05, 3.63) is 76.8 Å². The maximum absolute atomic E-state index is 6.15. The quantitative estimate of drug-likeness (QED) is 0.544. The van der Waals surface area contributed by atoms with E-state index in [0.717, 1.165) is 44.6 Å². The molecule has 3 aromatic carbocycles. The van der Waals surface area contributed by atoms with Gasteiger partial charge in [-0.05, 0) is 54.1 Å². The van der Waals surface area contributed by atoms with Crippen LogP contribution in [0.5, 0.6) is 0 Å². The largest absolute Gasteiger partial charge is 0.398 e. The van der Waals surface area contributed by atoms with Crippen LogP contribution >= 0.6 is 0 Å². The molecule has 0 bridgehead atoms. The Morgan fingerprint density at radius 3 is 2.52 bits per heavy atom. The van der Waals surface area contributed by atoms with Gasteiger partial charge in [0.15, 0.2) is 0 Å². The topological polar surface area (TPSA) is 41.6 Å². The molecule has 1 aliphatic heterocycles. The summed E-state index contributed by atoms with van der Waals surface area (Å²) < 4.78 is 0. The van der Waals surface area contributed by atoms with E-state index in [0.29, 0.717) is 0 Å². The zero-order valence-electron chi connectivity index (χ0n) is 13.0. The lowest BCUT2D eigenvalue weighted by Crippen LogP contribution is -2.24. The standard InChI is InChI=1S/C20H17N3/c1-13-8-9-17-19(10-13)23(15-6-4-3-5-7-15)20-12-16(21)14(2)11-18(20)22-17/h3-12H,1,21H2,2H3. The van der Waals surface area contributed by atoms with Gasteiger partial charge in [-0.1, -0.05) is 30.8 Å². The predicted octanol–water partition coefficient (Wildman–Crippen LogP) is 3.72. The van der Waals surface area contributed by atoms with Gasteiger partial charge in [0, 0.05) is 11.4 Å². The summed E-state index contributed by atoms with van der Waals surface area (Å²) in [4.78, 5) is 7.00. The number of nitrogens with two attached hydrogens (primary N) is 1. The van der Waals surface area contributed by atoms with E-state index in [9.17, 15) is 0 Å². The van der Waals surface area contributed by atoms with Crippen molar-refractivity contribution in [2.45, 2.75) is 6.92 Å². The number of rotatable bonds is 1. The predicted molar refractivity (Wildman–Crippen MR) is 96.2 cm³/mol. The molecule has 1 aliphatic rings. The van der Waals surface area contributed by atoms with Gasteiger partial charge in [-0.15, -0.1) is 0 Å². The Labute approximate surface area is 135 Å². The Kier molecular flexibility index (Phi) is 2.95. The van der Waals surface area contributed by atoms with E-state index in [1.54, 1.807) is 0 Å². The van der Waals surface area contributed by atoms with E-state index < -0.39 is 0 Å². The highest BCUT2D eigenvalue weighted by molar-refractivity contribution is 5.87. The van der Waals surface area contributed by atoms with E-state index in [1.807, 2.05) is 49.4 Å². The first-order chi connectivity index (χ1) is 11.1. The number of hydrogen-bond donors (Lipinski definition) is 1. The third-order valence-electron chi connectivity index (χ3n) is 4.14. The number of para-hydroxylation sites is 1. The molecule has 0 unspecified atom stereocenters. The van der Waals surface area contributed by atoms with Crippen LogP contribution in [-0.2, 0) is 0 Å². The van der Waals surface area contributed by atoms with Crippen molar-refractivity contribution in [1.82, 2.24) is 0 Å². The molecule has 3 nitrogen and oxygen atoms in total. The maximum atomic E-state index is 6.15. The molecular weight excluding hydrogens is 282 g/mol. The van der Waals surface area contributed by atoms with Crippen molar-refractivity contribution in [2.75, 3.05) is 10.6 Å². The summed E-state index contributed by atoms with van der Waals surface area (Å²) in [6, 6.07) is 20.4. The molecule has 112 valence electrons. The van der Waals surface area contributed by atoms with Crippen LogP contribution in [0.1, 0.15) is 5.56 Å². The van der Waals surface area contributed by atoms with E-state index in [4.69, 9.17) is 10.7 Å². The molecule has 0 atom stereocenters. The Balaban J connectivity index is 2.09. The van der Waals surface area contributed by atoms with Crippen molar-refractivity contribution < 1.29 is 0 Å². The van der Waals surface area contributed by atoms with Crippen molar-refractivity contribution >= 4 is 35.0 Å². The third-order valence-corrected chi connectivity index (χ3v) is 4.14. The molecule has 4 rings (SSSR count). The molecule has 0 fully saturated rings. The summed E-state index contributed by atoms with van der Waals surface area (Å²) in [5.41, 5.74) is 12.0. The normalized spacial score (nSPS) is 12.3. The van der Waals surface area contributed by atoms with Crippen molar-refractivity contribution in [3.63, 3.8) is 0 Å². The average Bonchev–Trinajstić information content (AvgIpc) is 2.55. The molecule has 0 saturated heterocycles. The Morgan fingerprint density at radius 1 is 0.957 bits per heavy atom. The lowest BCUT2D eigenvalue weighted by Gasteiger charge is -2.30. The number of anilines is 4. The summed E-state index contributed by atoms with van der Waals surface area (Å²) in [6.07, 6.45) is 0. The molecule has 0 saturated carbocycles. The zero-order valence-corrected chi connectivity index (χ0v) is 13.0. The summed E-state index contributed by atoms with van der Waals surface area (Å²) in [5, 5.41) is 1.90. The summed E-state index contributed by atoms with van der Waals surface area (Å²) in [7, 11) is 0. The average molecular weight is 299 g/mol. The molecule has 3 heteroatoms. The van der Waals surface area contributed by atoms with Crippen LogP contribution in [0.25, 0.3) is 6.58 Å². The molecule has 1 heterocycles. The highest BCUT2D eigenvalue weighted by atomic mass is 15.2. The molecule has 0 amide bonds. The number of nitrogen functional groups attached to an aromatic ring is 1. The lowest BCUT2D eigenvalue weighted by atomic mass is 10.1. The SMILES string of the molecule is C=c1ccc2c(c1)N(c1ccccc1)c1cc(N)c(C)cc1N=2. The lowest BCUT2D eigenvalue weighted by molar-refractivity contribution is 1.16. The van der Waals surface area contributed by atoms with E-state index in [1.165, 1.54) is 0 Å². The van der Waals surface area contributed by atoms with Crippen LogP contribution in [0.15, 0.2) is 65.7 Å². The minimum atomic E-state index is 0.772. The zero-order chi connectivity index (χ0) is 16.0. The van der Waals surface area contributed by atoms with Gasteiger partial charge in [0.1, 0.15) is 0 Å². The van der Waals surface area contributed by atoms with Crippen LogP contribution in [-0.4, -0.2) is 0 Å². The van der Waals surface area contributed by atoms with Gasteiger partial charge >= 0.3 is 0 Å². The van der Waals surface area contributed by atoms with E-state index >= 15 is 0 Å². The van der Waals surface area contributed by atoms with Gasteiger partial charge in [0.05, 0.1) is 22.4 Å². The van der Waals surface area contributed by atoms with Crippen LogP contribution in [0.4, 0.5) is 28.4 Å². The number of fused-ring (bicyclic) bond motifs is 2. The first-order valence-corrected chi connectivity index (χ1v) is 7.56. The molecule has 0 radical (unpaired) electrons. The van der Waals surface area contributed by atoms with Gasteiger partial charge in [0.25, 0.3) is 0 Å². The molecule has 0 spiro atoms. The fourth-order valence-electron chi connectivity index (χ4n) is 2.92. The molecule has 23 heavy (non-hydrogen) atoms. The van der Waals surface area contributed by atoms with Gasteiger partial charge in [-0.3, -0.25) is 0 Å². The van der Waals surface area contributed by atoms with Crippen molar-refractivity contribution in [3.8, 4) is 0 Å². The third kappa shape index (κ3) is 2.18. The molecule has 0 aliphatic carbocycles. The van der Waals surface area contributed by atoms with Gasteiger partial charge in [-0.25, -0.2) is 4.99 Å². The number of nitrogens with zero attached hydrogens (tertiary/aromatic N) is 2. The first-order valence-electron chi connectivity index (χ1n) is 7.56. The smallest absolute Gasteiger partial charge is 0.0882 e. The van der Waals surface area contributed by atoms with Gasteiger partial charge in [0.2, 0.25) is 0 Å². The molecule has 0 aromatic heterocycles. The number of benzene rings is 3. The fourth-order valence-corrected chi connectivity index (χ4v) is 2.92. The molecular formula is C20H17N3. The first kappa shape index (κ1) is 13.6. The second-order valence-corrected chi connectivity index (χ2v) is 5.80. The van der Waals surface area contributed by atoms with Crippen LogP contribution in [0.2, 0.25) is 0 Å². The van der Waals surface area contributed by atoms with Crippen LogP contribution < -0.4 is 21.2 Å². The minimum Gasteiger partial charge on any atom is -0.398 e. The number of hydrogen-bond acceptors (Lipinski definition) is 3. The summed E-state index contributed by atoms with van der Waals surface area (Å²) in [6.45, 7) is 6.06. The van der Waals surface area contributed by atoms with Crippen LogP contribution in [0.3, 0.4) is 0 Å².